The second-order valence-corrected chi connectivity index (χ2v) is 8.19. The van der Waals surface area contributed by atoms with Crippen LogP contribution in [0.3, 0.4) is 0 Å². The fraction of sp³-hybridized carbons (Fsp3) is 0.0870. The van der Waals surface area contributed by atoms with Gasteiger partial charge in [0.15, 0.2) is 11.8 Å². The lowest BCUT2D eigenvalue weighted by atomic mass is 9.90. The van der Waals surface area contributed by atoms with E-state index in [0.29, 0.717) is 5.02 Å². The van der Waals surface area contributed by atoms with Crippen molar-refractivity contribution >= 4 is 35.8 Å². The molecule has 1 fully saturated rings. The van der Waals surface area contributed by atoms with Crippen molar-refractivity contribution in [3.63, 3.8) is 0 Å². The highest BCUT2D eigenvalue weighted by Gasteiger charge is 2.61. The zero-order chi connectivity index (χ0) is 19.0. The van der Waals surface area contributed by atoms with E-state index >= 15 is 0 Å². The van der Waals surface area contributed by atoms with E-state index < -0.39 is 5.60 Å². The number of epoxide rings is 1. The highest BCUT2D eigenvalue weighted by Crippen LogP contribution is 2.60. The Hall–Kier alpha value is -2.24. The fourth-order valence-corrected chi connectivity index (χ4v) is 4.65. The highest BCUT2D eigenvalue weighted by atomic mass is 35.5. The molecule has 29 heavy (non-hydrogen) atoms. The molecule has 1 aliphatic heterocycles. The number of imidazole rings is 1. The molecule has 2 atom stereocenters. The molecule has 3 nitrogen and oxygen atoms in total. The standard InChI is InChI=1S/C23H17ClN2OS.ClH/c24-21-9-5-4-8-20(21)23(22(27-23)26-15-14-25-16-26)17-10-12-19(13-11-17)28-18-6-2-1-3-7-18;/h1-16,22H;1H. The topological polar surface area (TPSA) is 30.4 Å². The van der Waals surface area contributed by atoms with E-state index in [0.717, 1.165) is 11.1 Å². The van der Waals surface area contributed by atoms with E-state index in [1.807, 2.05) is 41.1 Å². The van der Waals surface area contributed by atoms with Crippen molar-refractivity contribution in [1.82, 2.24) is 9.55 Å². The van der Waals surface area contributed by atoms with E-state index in [4.69, 9.17) is 16.3 Å². The normalized spacial score (nSPS) is 20.1. The Kier molecular flexibility index (Phi) is 5.70. The molecular formula is C23H18Cl2N2OS. The van der Waals surface area contributed by atoms with Gasteiger partial charge < -0.3 is 9.30 Å². The Morgan fingerprint density at radius 3 is 2.28 bits per heavy atom. The van der Waals surface area contributed by atoms with Crippen LogP contribution in [0.25, 0.3) is 0 Å². The van der Waals surface area contributed by atoms with Gasteiger partial charge in [-0.1, -0.05) is 71.9 Å². The SMILES string of the molecule is Cl.Clc1ccccc1C1(c2ccc(Sc3ccccc3)cc2)OC1n1ccnc1. The lowest BCUT2D eigenvalue weighted by molar-refractivity contribution is 0.304. The second-order valence-electron chi connectivity index (χ2n) is 6.64. The summed E-state index contributed by atoms with van der Waals surface area (Å²) in [5, 5.41) is 0.702. The van der Waals surface area contributed by atoms with E-state index in [2.05, 4.69) is 53.5 Å². The first-order chi connectivity index (χ1) is 13.8. The summed E-state index contributed by atoms with van der Waals surface area (Å²) >= 11 is 8.30. The molecule has 0 aliphatic carbocycles. The minimum absolute atomic E-state index is 0. The molecular weight excluding hydrogens is 423 g/mol. The molecule has 0 N–H and O–H groups in total. The maximum absolute atomic E-state index is 6.55. The van der Waals surface area contributed by atoms with Gasteiger partial charge in [0.2, 0.25) is 0 Å². The van der Waals surface area contributed by atoms with Gasteiger partial charge in [-0.05, 0) is 35.9 Å². The molecule has 6 heteroatoms. The number of benzene rings is 3. The maximum atomic E-state index is 6.55. The summed E-state index contributed by atoms with van der Waals surface area (Å²) in [4.78, 5) is 6.57. The Bertz CT molecular complexity index is 1090. The van der Waals surface area contributed by atoms with Crippen molar-refractivity contribution in [2.75, 3.05) is 0 Å². The predicted octanol–water partition coefficient (Wildman–Crippen LogP) is 6.58. The molecule has 146 valence electrons. The predicted molar refractivity (Wildman–Crippen MR) is 119 cm³/mol. The summed E-state index contributed by atoms with van der Waals surface area (Å²) < 4.78 is 8.27. The second kappa shape index (κ2) is 8.25. The number of halogens is 2. The summed E-state index contributed by atoms with van der Waals surface area (Å²) in [6, 6.07) is 26.8. The Labute approximate surface area is 185 Å². The molecule has 4 aromatic rings. The van der Waals surface area contributed by atoms with Gasteiger partial charge in [0.1, 0.15) is 0 Å². The van der Waals surface area contributed by atoms with Gasteiger partial charge in [0.25, 0.3) is 0 Å². The Morgan fingerprint density at radius 1 is 0.897 bits per heavy atom. The van der Waals surface area contributed by atoms with Crippen LogP contribution in [0.15, 0.2) is 107 Å². The van der Waals surface area contributed by atoms with Crippen molar-refractivity contribution in [3.8, 4) is 0 Å². The maximum Gasteiger partial charge on any atom is 0.174 e. The molecule has 1 aliphatic rings. The van der Waals surface area contributed by atoms with Crippen molar-refractivity contribution < 1.29 is 4.74 Å². The molecule has 0 saturated carbocycles. The van der Waals surface area contributed by atoms with Gasteiger partial charge >= 0.3 is 0 Å². The average molecular weight is 441 g/mol. The third kappa shape index (κ3) is 3.69. The summed E-state index contributed by atoms with van der Waals surface area (Å²) in [5.74, 6) is 0. The molecule has 0 bridgehead atoms. The van der Waals surface area contributed by atoms with Gasteiger partial charge in [0.05, 0.1) is 6.33 Å². The molecule has 3 aromatic carbocycles. The van der Waals surface area contributed by atoms with Gasteiger partial charge in [0, 0.05) is 32.8 Å². The smallest absolute Gasteiger partial charge is 0.174 e. The number of aromatic nitrogens is 2. The van der Waals surface area contributed by atoms with Gasteiger partial charge in [-0.15, -0.1) is 12.4 Å². The third-order valence-corrected chi connectivity index (χ3v) is 6.27. The molecule has 1 saturated heterocycles. The fourth-order valence-electron chi connectivity index (χ4n) is 3.54. The van der Waals surface area contributed by atoms with Crippen LogP contribution in [0.4, 0.5) is 0 Å². The number of nitrogens with zero attached hydrogens (tertiary/aromatic N) is 2. The lowest BCUT2D eigenvalue weighted by Crippen LogP contribution is -2.15. The number of hydrogen-bond acceptors (Lipinski definition) is 3. The van der Waals surface area contributed by atoms with Crippen LogP contribution in [0, 0.1) is 0 Å². The van der Waals surface area contributed by atoms with E-state index in [1.165, 1.54) is 9.79 Å². The van der Waals surface area contributed by atoms with Crippen LogP contribution in [0.5, 0.6) is 0 Å². The first kappa shape index (κ1) is 20.0. The highest BCUT2D eigenvalue weighted by molar-refractivity contribution is 7.99. The minimum atomic E-state index is -0.602. The van der Waals surface area contributed by atoms with Crippen LogP contribution in [0.1, 0.15) is 17.4 Å². The van der Waals surface area contributed by atoms with Crippen LogP contribution < -0.4 is 0 Å². The molecule has 2 unspecified atom stereocenters. The molecule has 0 spiro atoms. The van der Waals surface area contributed by atoms with Crippen LogP contribution in [-0.2, 0) is 10.3 Å². The van der Waals surface area contributed by atoms with E-state index in [9.17, 15) is 0 Å². The largest absolute Gasteiger partial charge is 0.333 e. The van der Waals surface area contributed by atoms with Gasteiger partial charge in [-0.3, -0.25) is 0 Å². The summed E-state index contributed by atoms with van der Waals surface area (Å²) in [5.41, 5.74) is 1.45. The monoisotopic (exact) mass is 440 g/mol. The zero-order valence-electron chi connectivity index (χ0n) is 15.3. The van der Waals surface area contributed by atoms with Crippen molar-refractivity contribution in [2.45, 2.75) is 21.6 Å². The number of hydrogen-bond donors (Lipinski definition) is 0. The van der Waals surface area contributed by atoms with Gasteiger partial charge in [-0.2, -0.15) is 0 Å². The van der Waals surface area contributed by atoms with Crippen LogP contribution in [0.2, 0.25) is 5.02 Å². The Morgan fingerprint density at radius 2 is 1.59 bits per heavy atom. The van der Waals surface area contributed by atoms with Crippen molar-refractivity contribution in [3.05, 3.63) is 114 Å². The Balaban J connectivity index is 0.00000205. The first-order valence-electron chi connectivity index (χ1n) is 9.01. The molecule has 0 amide bonds. The molecule has 5 rings (SSSR count). The summed E-state index contributed by atoms with van der Waals surface area (Å²) in [7, 11) is 0. The van der Waals surface area contributed by atoms with Crippen LogP contribution >= 0.6 is 35.8 Å². The van der Waals surface area contributed by atoms with Gasteiger partial charge in [-0.25, -0.2) is 4.98 Å². The number of ether oxygens (including phenoxy) is 1. The average Bonchev–Trinajstić information content (AvgIpc) is 3.24. The molecule has 1 aromatic heterocycles. The summed E-state index contributed by atoms with van der Waals surface area (Å²) in [6.45, 7) is 0. The lowest BCUT2D eigenvalue weighted by Gasteiger charge is -2.16. The quantitative estimate of drug-likeness (QED) is 0.328. The zero-order valence-corrected chi connectivity index (χ0v) is 17.7. The third-order valence-electron chi connectivity index (χ3n) is 4.92. The molecule has 2 heterocycles. The van der Waals surface area contributed by atoms with E-state index in [-0.39, 0.29) is 18.6 Å². The summed E-state index contributed by atoms with van der Waals surface area (Å²) in [6.07, 6.45) is 5.30. The number of rotatable bonds is 5. The first-order valence-corrected chi connectivity index (χ1v) is 10.2. The molecule has 0 radical (unpaired) electrons. The minimum Gasteiger partial charge on any atom is -0.333 e. The van der Waals surface area contributed by atoms with Crippen LogP contribution in [-0.4, -0.2) is 9.55 Å². The van der Waals surface area contributed by atoms with E-state index in [1.54, 1.807) is 24.3 Å². The van der Waals surface area contributed by atoms with Crippen molar-refractivity contribution in [2.24, 2.45) is 0 Å². The van der Waals surface area contributed by atoms with Crippen molar-refractivity contribution in [1.29, 1.82) is 0 Å².